The first-order valence-corrected chi connectivity index (χ1v) is 6.42. The van der Waals surface area contributed by atoms with E-state index in [0.717, 1.165) is 0 Å². The van der Waals surface area contributed by atoms with E-state index in [1.807, 2.05) is 13.8 Å². The summed E-state index contributed by atoms with van der Waals surface area (Å²) >= 11 is 1.34. The highest BCUT2D eigenvalue weighted by Gasteiger charge is 2.15. The van der Waals surface area contributed by atoms with Crippen molar-refractivity contribution in [1.29, 1.82) is 0 Å². The van der Waals surface area contributed by atoms with Gasteiger partial charge in [0.2, 0.25) is 12.3 Å². The van der Waals surface area contributed by atoms with E-state index in [2.05, 4.69) is 10.6 Å². The topological polar surface area (TPSA) is 95.5 Å². The van der Waals surface area contributed by atoms with Crippen molar-refractivity contribution < 1.29 is 19.5 Å². The largest absolute Gasteiger partial charge is 0.480 e. The molecule has 3 N–H and O–H groups in total. The molecule has 98 valence electrons. The SMILES string of the molecule is CC(C)NC(=O)CSCCC(NC=O)C(=O)O. The molecule has 17 heavy (non-hydrogen) atoms. The Kier molecular flexibility index (Phi) is 8.21. The predicted octanol–water partition coefficient (Wildman–Crippen LogP) is -0.166. The van der Waals surface area contributed by atoms with Crippen LogP contribution in [0.25, 0.3) is 0 Å². The zero-order valence-corrected chi connectivity index (χ0v) is 10.8. The number of hydrogen-bond donors (Lipinski definition) is 3. The van der Waals surface area contributed by atoms with E-state index in [1.165, 1.54) is 11.8 Å². The molecular weight excluding hydrogens is 244 g/mol. The molecule has 0 saturated heterocycles. The normalized spacial score (nSPS) is 11.9. The van der Waals surface area contributed by atoms with Gasteiger partial charge < -0.3 is 15.7 Å². The number of rotatable bonds is 9. The summed E-state index contributed by atoms with van der Waals surface area (Å²) in [6, 6.07) is -0.778. The average molecular weight is 262 g/mol. The Morgan fingerprint density at radius 1 is 1.41 bits per heavy atom. The molecular formula is C10H18N2O4S. The molecule has 2 amide bonds. The van der Waals surface area contributed by atoms with Crippen molar-refractivity contribution in [1.82, 2.24) is 10.6 Å². The Morgan fingerprint density at radius 2 is 2.06 bits per heavy atom. The molecule has 0 aromatic rings. The molecule has 0 rings (SSSR count). The summed E-state index contributed by atoms with van der Waals surface area (Å²) in [5, 5.41) is 13.7. The number of thioether (sulfide) groups is 1. The monoisotopic (exact) mass is 262 g/mol. The van der Waals surface area contributed by atoms with Gasteiger partial charge in [0.15, 0.2) is 0 Å². The molecule has 1 unspecified atom stereocenters. The van der Waals surface area contributed by atoms with Crippen LogP contribution in [0.3, 0.4) is 0 Å². The third-order valence-corrected chi connectivity index (χ3v) is 2.79. The molecule has 0 saturated carbocycles. The zero-order valence-electron chi connectivity index (χ0n) is 9.93. The fraction of sp³-hybridized carbons (Fsp3) is 0.700. The first-order chi connectivity index (χ1) is 7.97. The number of carboxylic acids is 1. The van der Waals surface area contributed by atoms with Gasteiger partial charge in [-0.1, -0.05) is 0 Å². The van der Waals surface area contributed by atoms with Crippen molar-refractivity contribution in [2.24, 2.45) is 0 Å². The Morgan fingerprint density at radius 3 is 2.53 bits per heavy atom. The van der Waals surface area contributed by atoms with Gasteiger partial charge >= 0.3 is 5.97 Å². The quantitative estimate of drug-likeness (QED) is 0.396. The molecule has 0 aromatic heterocycles. The van der Waals surface area contributed by atoms with Crippen LogP contribution < -0.4 is 10.6 Å². The zero-order chi connectivity index (χ0) is 13.3. The number of nitrogens with one attached hydrogen (secondary N) is 2. The third-order valence-electron chi connectivity index (χ3n) is 1.80. The van der Waals surface area contributed by atoms with Gasteiger partial charge in [-0.3, -0.25) is 9.59 Å². The molecule has 0 aromatic carbocycles. The van der Waals surface area contributed by atoms with E-state index in [0.29, 0.717) is 24.3 Å². The maximum absolute atomic E-state index is 11.2. The first-order valence-electron chi connectivity index (χ1n) is 5.27. The van der Waals surface area contributed by atoms with E-state index in [9.17, 15) is 14.4 Å². The maximum atomic E-state index is 11.2. The van der Waals surface area contributed by atoms with Gasteiger partial charge in [-0.25, -0.2) is 4.79 Å². The van der Waals surface area contributed by atoms with Crippen LogP contribution in [0.5, 0.6) is 0 Å². The van der Waals surface area contributed by atoms with E-state index in [-0.39, 0.29) is 11.9 Å². The molecule has 0 aliphatic heterocycles. The molecule has 0 aliphatic rings. The summed E-state index contributed by atoms with van der Waals surface area (Å²) in [4.78, 5) is 32.0. The molecule has 0 heterocycles. The van der Waals surface area contributed by atoms with Crippen LogP contribution in [0.15, 0.2) is 0 Å². The minimum absolute atomic E-state index is 0.0692. The number of hydrogen-bond acceptors (Lipinski definition) is 4. The Labute approximate surface area is 105 Å². The van der Waals surface area contributed by atoms with Crippen LogP contribution in [0.1, 0.15) is 20.3 Å². The second-order valence-electron chi connectivity index (χ2n) is 3.74. The van der Waals surface area contributed by atoms with Gasteiger partial charge in [-0.15, -0.1) is 0 Å². The van der Waals surface area contributed by atoms with Crippen molar-refractivity contribution in [3.8, 4) is 0 Å². The summed E-state index contributed by atoms with van der Waals surface area (Å²) < 4.78 is 0. The maximum Gasteiger partial charge on any atom is 0.326 e. The van der Waals surface area contributed by atoms with Crippen molar-refractivity contribution >= 4 is 30.0 Å². The second-order valence-corrected chi connectivity index (χ2v) is 4.84. The van der Waals surface area contributed by atoms with Crippen LogP contribution in [0.2, 0.25) is 0 Å². The summed E-state index contributed by atoms with van der Waals surface area (Å²) in [5.41, 5.74) is 0. The molecule has 6 nitrogen and oxygen atoms in total. The molecule has 0 aliphatic carbocycles. The summed E-state index contributed by atoms with van der Waals surface area (Å²) in [5.74, 6) is -0.334. The predicted molar refractivity (Wildman–Crippen MR) is 65.8 cm³/mol. The highest BCUT2D eigenvalue weighted by molar-refractivity contribution is 7.99. The fourth-order valence-corrected chi connectivity index (χ4v) is 1.91. The van der Waals surface area contributed by atoms with Gasteiger partial charge in [0, 0.05) is 6.04 Å². The Bertz CT molecular complexity index is 271. The summed E-state index contributed by atoms with van der Waals surface area (Å²) in [6.45, 7) is 3.74. The third kappa shape index (κ3) is 8.56. The molecule has 0 spiro atoms. The van der Waals surface area contributed by atoms with Crippen molar-refractivity contribution in [2.75, 3.05) is 11.5 Å². The minimum Gasteiger partial charge on any atom is -0.480 e. The number of carbonyl (C=O) groups is 3. The van der Waals surface area contributed by atoms with Crippen molar-refractivity contribution in [3.05, 3.63) is 0 Å². The Hall–Kier alpha value is -1.24. The van der Waals surface area contributed by atoms with Crippen LogP contribution in [-0.2, 0) is 14.4 Å². The van der Waals surface area contributed by atoms with Crippen LogP contribution >= 0.6 is 11.8 Å². The average Bonchev–Trinajstić information content (AvgIpc) is 2.21. The number of carbonyl (C=O) groups excluding carboxylic acids is 2. The second kappa shape index (κ2) is 8.86. The molecule has 0 fully saturated rings. The molecule has 1 atom stereocenters. The molecule has 0 radical (unpaired) electrons. The lowest BCUT2D eigenvalue weighted by atomic mass is 10.2. The minimum atomic E-state index is -1.07. The standard InChI is InChI=1S/C10H18N2O4S/c1-7(2)12-9(14)5-17-4-3-8(10(15)16)11-6-13/h6-8H,3-5H2,1-2H3,(H,11,13)(H,12,14)(H,15,16). The smallest absolute Gasteiger partial charge is 0.326 e. The van der Waals surface area contributed by atoms with Crippen molar-refractivity contribution in [2.45, 2.75) is 32.4 Å². The lowest BCUT2D eigenvalue weighted by molar-refractivity contribution is -0.140. The molecule has 0 bridgehead atoms. The highest BCUT2D eigenvalue weighted by atomic mass is 32.2. The van der Waals surface area contributed by atoms with Crippen LogP contribution in [0, 0.1) is 0 Å². The van der Waals surface area contributed by atoms with E-state index in [4.69, 9.17) is 5.11 Å². The highest BCUT2D eigenvalue weighted by Crippen LogP contribution is 2.05. The van der Waals surface area contributed by atoms with Crippen LogP contribution in [0.4, 0.5) is 0 Å². The van der Waals surface area contributed by atoms with E-state index < -0.39 is 12.0 Å². The van der Waals surface area contributed by atoms with Gasteiger partial charge in [-0.05, 0) is 26.0 Å². The number of aliphatic carboxylic acids is 1. The van der Waals surface area contributed by atoms with Crippen LogP contribution in [-0.4, -0.2) is 47.0 Å². The van der Waals surface area contributed by atoms with Gasteiger partial charge in [0.25, 0.3) is 0 Å². The van der Waals surface area contributed by atoms with E-state index in [1.54, 1.807) is 0 Å². The van der Waals surface area contributed by atoms with E-state index >= 15 is 0 Å². The number of carboxylic acid groups (broad SMARTS) is 1. The van der Waals surface area contributed by atoms with Gasteiger partial charge in [0.1, 0.15) is 6.04 Å². The van der Waals surface area contributed by atoms with Crippen molar-refractivity contribution in [3.63, 3.8) is 0 Å². The number of amides is 2. The fourth-order valence-electron chi connectivity index (χ4n) is 1.09. The Balaban J connectivity index is 3.71. The summed E-state index contributed by atoms with van der Waals surface area (Å²) in [6.07, 6.45) is 0.669. The van der Waals surface area contributed by atoms with Gasteiger partial charge in [-0.2, -0.15) is 11.8 Å². The van der Waals surface area contributed by atoms with Gasteiger partial charge in [0.05, 0.1) is 5.75 Å². The first kappa shape index (κ1) is 15.8. The summed E-state index contributed by atoms with van der Waals surface area (Å²) in [7, 11) is 0. The molecule has 7 heteroatoms. The lowest BCUT2D eigenvalue weighted by Crippen LogP contribution is -2.36. The lowest BCUT2D eigenvalue weighted by Gasteiger charge is -2.11.